The van der Waals surface area contributed by atoms with Crippen molar-refractivity contribution in [1.29, 1.82) is 0 Å². The van der Waals surface area contributed by atoms with E-state index in [9.17, 15) is 0 Å². The Labute approximate surface area is 117 Å². The normalized spacial score (nSPS) is 14.5. The predicted molar refractivity (Wildman–Crippen MR) is 80.9 cm³/mol. The molecule has 0 amide bonds. The molecular weight excluding hydrogens is 234 g/mol. The molecule has 0 spiro atoms. The van der Waals surface area contributed by atoms with Crippen LogP contribution < -0.4 is 10.1 Å². The van der Waals surface area contributed by atoms with Crippen LogP contribution in [0.5, 0.6) is 5.75 Å². The Balaban J connectivity index is 1.68. The van der Waals surface area contributed by atoms with Crippen LogP contribution in [0, 0.1) is 5.92 Å². The van der Waals surface area contributed by atoms with Crippen LogP contribution in [0.1, 0.15) is 44.2 Å². The lowest BCUT2D eigenvalue weighted by molar-refractivity contribution is 0.312. The van der Waals surface area contributed by atoms with Crippen molar-refractivity contribution < 1.29 is 4.74 Å². The minimum atomic E-state index is 0.761. The van der Waals surface area contributed by atoms with Crippen molar-refractivity contribution in [2.45, 2.75) is 46.0 Å². The van der Waals surface area contributed by atoms with Gasteiger partial charge in [-0.3, -0.25) is 0 Å². The second kappa shape index (κ2) is 7.54. The van der Waals surface area contributed by atoms with Crippen LogP contribution in [-0.4, -0.2) is 19.7 Å². The van der Waals surface area contributed by atoms with E-state index in [0.717, 1.165) is 31.4 Å². The summed E-state index contributed by atoms with van der Waals surface area (Å²) in [4.78, 5) is 0. The molecule has 2 rings (SSSR count). The van der Waals surface area contributed by atoms with Gasteiger partial charge in [-0.15, -0.1) is 0 Å². The molecule has 1 aliphatic carbocycles. The van der Waals surface area contributed by atoms with Gasteiger partial charge in [0.25, 0.3) is 0 Å². The fourth-order valence-corrected chi connectivity index (χ4v) is 2.56. The van der Waals surface area contributed by atoms with E-state index in [-0.39, 0.29) is 0 Å². The van der Waals surface area contributed by atoms with Gasteiger partial charge < -0.3 is 10.1 Å². The maximum atomic E-state index is 5.82. The Hall–Kier alpha value is -1.02. The van der Waals surface area contributed by atoms with Gasteiger partial charge in [0.05, 0.1) is 0 Å². The molecule has 19 heavy (non-hydrogen) atoms. The summed E-state index contributed by atoms with van der Waals surface area (Å²) in [5, 5.41) is 3.42. The zero-order valence-electron chi connectivity index (χ0n) is 12.4. The van der Waals surface area contributed by atoms with E-state index >= 15 is 0 Å². The molecule has 1 aromatic carbocycles. The first-order valence-electron chi connectivity index (χ1n) is 7.71. The first kappa shape index (κ1) is 14.4. The van der Waals surface area contributed by atoms with Crippen LogP contribution in [0.3, 0.4) is 0 Å². The molecule has 0 radical (unpaired) electrons. The summed E-state index contributed by atoms with van der Waals surface area (Å²) in [5.74, 6) is 1.81. The van der Waals surface area contributed by atoms with Gasteiger partial charge in [-0.2, -0.15) is 0 Å². The third-order valence-corrected chi connectivity index (χ3v) is 3.77. The van der Waals surface area contributed by atoms with Crippen molar-refractivity contribution >= 4 is 0 Å². The Kier molecular flexibility index (Phi) is 5.71. The molecule has 0 unspecified atom stereocenters. The summed E-state index contributed by atoms with van der Waals surface area (Å²) in [6.07, 6.45) is 6.37. The largest absolute Gasteiger partial charge is 0.492 e. The molecule has 1 aliphatic rings. The summed E-state index contributed by atoms with van der Waals surface area (Å²) >= 11 is 0. The van der Waals surface area contributed by atoms with Crippen LogP contribution in [0.4, 0.5) is 0 Å². The topological polar surface area (TPSA) is 21.3 Å². The van der Waals surface area contributed by atoms with Crippen LogP contribution in [0.25, 0.3) is 0 Å². The highest BCUT2D eigenvalue weighted by molar-refractivity contribution is 5.37. The first-order valence-corrected chi connectivity index (χ1v) is 7.71. The number of hydrogen-bond donors (Lipinski definition) is 1. The summed E-state index contributed by atoms with van der Waals surface area (Å²) < 4.78 is 5.82. The number of aryl methyl sites for hydroxylation is 2. The second-order valence-corrected chi connectivity index (χ2v) is 5.92. The molecule has 0 fully saturated rings. The molecule has 106 valence electrons. The van der Waals surface area contributed by atoms with Gasteiger partial charge >= 0.3 is 0 Å². The molecule has 2 nitrogen and oxygen atoms in total. The van der Waals surface area contributed by atoms with Gasteiger partial charge in [0.1, 0.15) is 12.4 Å². The van der Waals surface area contributed by atoms with Crippen LogP contribution in [0.2, 0.25) is 0 Å². The summed E-state index contributed by atoms with van der Waals surface area (Å²) in [6.45, 7) is 7.29. The van der Waals surface area contributed by atoms with Gasteiger partial charge in [-0.1, -0.05) is 19.9 Å². The Morgan fingerprint density at radius 2 is 1.89 bits per heavy atom. The molecule has 0 heterocycles. The highest BCUT2D eigenvalue weighted by Crippen LogP contribution is 2.25. The van der Waals surface area contributed by atoms with Crippen LogP contribution >= 0.6 is 0 Å². The molecule has 0 aromatic heterocycles. The quantitative estimate of drug-likeness (QED) is 0.758. The minimum absolute atomic E-state index is 0.761. The lowest BCUT2D eigenvalue weighted by atomic mass is 9.92. The van der Waals surface area contributed by atoms with E-state index in [1.165, 1.54) is 43.2 Å². The van der Waals surface area contributed by atoms with Gasteiger partial charge in [0.15, 0.2) is 0 Å². The van der Waals surface area contributed by atoms with Crippen molar-refractivity contribution in [1.82, 2.24) is 5.32 Å². The number of hydrogen-bond acceptors (Lipinski definition) is 2. The van der Waals surface area contributed by atoms with E-state index in [0.29, 0.717) is 0 Å². The smallest absolute Gasteiger partial charge is 0.119 e. The molecule has 0 aliphatic heterocycles. The number of benzene rings is 1. The maximum absolute atomic E-state index is 5.82. The average Bonchev–Trinajstić information content (AvgIpc) is 2.42. The molecule has 0 bridgehead atoms. The van der Waals surface area contributed by atoms with E-state index in [1.807, 2.05) is 0 Å². The molecular formula is C17H27NO. The van der Waals surface area contributed by atoms with Crippen molar-refractivity contribution in [2.24, 2.45) is 5.92 Å². The maximum Gasteiger partial charge on any atom is 0.119 e. The van der Waals surface area contributed by atoms with Crippen LogP contribution in [0.15, 0.2) is 18.2 Å². The van der Waals surface area contributed by atoms with Gasteiger partial charge in [-0.25, -0.2) is 0 Å². The second-order valence-electron chi connectivity index (χ2n) is 5.92. The fraction of sp³-hybridized carbons (Fsp3) is 0.647. The Morgan fingerprint density at radius 3 is 2.68 bits per heavy atom. The number of fused-ring (bicyclic) bond motifs is 1. The summed E-state index contributed by atoms with van der Waals surface area (Å²) in [6, 6.07) is 6.61. The number of ether oxygens (including phenoxy) is 1. The zero-order valence-corrected chi connectivity index (χ0v) is 12.4. The predicted octanol–water partition coefficient (Wildman–Crippen LogP) is 3.58. The third kappa shape index (κ3) is 4.87. The zero-order chi connectivity index (χ0) is 13.5. The third-order valence-electron chi connectivity index (χ3n) is 3.77. The van der Waals surface area contributed by atoms with E-state index in [1.54, 1.807) is 0 Å². The van der Waals surface area contributed by atoms with Crippen molar-refractivity contribution in [3.05, 3.63) is 29.3 Å². The number of nitrogens with one attached hydrogen (secondary N) is 1. The van der Waals surface area contributed by atoms with Crippen LogP contribution in [-0.2, 0) is 12.8 Å². The fourth-order valence-electron chi connectivity index (χ4n) is 2.56. The number of rotatable bonds is 7. The molecule has 0 saturated heterocycles. The first-order chi connectivity index (χ1) is 9.25. The van der Waals surface area contributed by atoms with Crippen molar-refractivity contribution in [3.8, 4) is 5.75 Å². The van der Waals surface area contributed by atoms with Gasteiger partial charge in [0, 0.05) is 6.54 Å². The standard InChI is InChI=1S/C17H27NO/c1-14(2)9-10-18-11-12-19-17-8-7-15-5-3-4-6-16(15)13-17/h7-8,13-14,18H,3-6,9-12H2,1-2H3. The molecule has 1 aromatic rings. The van der Waals surface area contributed by atoms with Gasteiger partial charge in [0.2, 0.25) is 0 Å². The summed E-state index contributed by atoms with van der Waals surface area (Å²) in [7, 11) is 0. The van der Waals surface area contributed by atoms with Crippen molar-refractivity contribution in [3.63, 3.8) is 0 Å². The van der Waals surface area contributed by atoms with E-state index in [2.05, 4.69) is 37.4 Å². The molecule has 1 N–H and O–H groups in total. The molecule has 0 saturated carbocycles. The highest BCUT2D eigenvalue weighted by atomic mass is 16.5. The highest BCUT2D eigenvalue weighted by Gasteiger charge is 2.09. The lowest BCUT2D eigenvalue weighted by Gasteiger charge is -2.17. The minimum Gasteiger partial charge on any atom is -0.492 e. The van der Waals surface area contributed by atoms with Gasteiger partial charge in [-0.05, 0) is 67.8 Å². The molecule has 0 atom stereocenters. The van der Waals surface area contributed by atoms with E-state index < -0.39 is 0 Å². The summed E-state index contributed by atoms with van der Waals surface area (Å²) in [5.41, 5.74) is 3.02. The monoisotopic (exact) mass is 261 g/mol. The van der Waals surface area contributed by atoms with E-state index in [4.69, 9.17) is 4.74 Å². The molecule has 2 heteroatoms. The lowest BCUT2D eigenvalue weighted by Crippen LogP contribution is -2.23. The Bertz CT molecular complexity index is 387. The van der Waals surface area contributed by atoms with Crippen molar-refractivity contribution in [2.75, 3.05) is 19.7 Å². The Morgan fingerprint density at radius 1 is 1.11 bits per heavy atom. The SMILES string of the molecule is CC(C)CCNCCOc1ccc2c(c1)CCCC2. The average molecular weight is 261 g/mol.